The first-order chi connectivity index (χ1) is 7.15. The highest BCUT2D eigenvalue weighted by atomic mass is 32.1. The van der Waals surface area contributed by atoms with Crippen molar-refractivity contribution in [3.05, 3.63) is 16.6 Å². The van der Waals surface area contributed by atoms with Crippen molar-refractivity contribution in [3.63, 3.8) is 0 Å². The number of aromatic nitrogens is 1. The van der Waals surface area contributed by atoms with Gasteiger partial charge in [0.2, 0.25) is 0 Å². The second kappa shape index (κ2) is 5.82. The third-order valence-corrected chi connectivity index (χ3v) is 3.02. The highest BCUT2D eigenvalue weighted by Gasteiger charge is 2.14. The van der Waals surface area contributed by atoms with E-state index in [-0.39, 0.29) is 18.4 Å². The lowest BCUT2D eigenvalue weighted by Gasteiger charge is -2.17. The van der Waals surface area contributed by atoms with Crippen molar-refractivity contribution in [2.75, 3.05) is 6.54 Å². The van der Waals surface area contributed by atoms with Crippen LogP contribution in [0.15, 0.2) is 10.9 Å². The average molecular weight is 228 g/mol. The van der Waals surface area contributed by atoms with Gasteiger partial charge in [-0.05, 0) is 5.92 Å². The Labute approximate surface area is 93.4 Å². The molecule has 0 bridgehead atoms. The Morgan fingerprint density at radius 2 is 2.47 bits per heavy atom. The molecule has 1 aromatic heterocycles. The number of hydrogen-bond donors (Lipinski definition) is 2. The van der Waals surface area contributed by atoms with Crippen LogP contribution in [-0.4, -0.2) is 28.6 Å². The number of nitrogens with zero attached hydrogens (tertiary/aromatic N) is 1. The summed E-state index contributed by atoms with van der Waals surface area (Å²) < 4.78 is 0. The summed E-state index contributed by atoms with van der Waals surface area (Å²) >= 11 is 1.38. The van der Waals surface area contributed by atoms with Crippen molar-refractivity contribution >= 4 is 17.2 Å². The summed E-state index contributed by atoms with van der Waals surface area (Å²) in [7, 11) is 0. The molecule has 0 spiro atoms. The fourth-order valence-electron chi connectivity index (χ4n) is 1.09. The van der Waals surface area contributed by atoms with Crippen molar-refractivity contribution < 1.29 is 9.90 Å². The van der Waals surface area contributed by atoms with Gasteiger partial charge in [0.05, 0.1) is 11.6 Å². The molecule has 0 aliphatic rings. The lowest BCUT2D eigenvalue weighted by atomic mass is 10.0. The van der Waals surface area contributed by atoms with Gasteiger partial charge in [0, 0.05) is 11.9 Å². The van der Waals surface area contributed by atoms with E-state index >= 15 is 0 Å². The monoisotopic (exact) mass is 228 g/mol. The zero-order chi connectivity index (χ0) is 11.3. The first-order valence-electron chi connectivity index (χ1n) is 4.99. The predicted molar refractivity (Wildman–Crippen MR) is 59.9 cm³/mol. The minimum absolute atomic E-state index is 0.195. The lowest BCUT2D eigenvalue weighted by Crippen LogP contribution is -2.35. The second-order valence-corrected chi connectivity index (χ2v) is 4.26. The molecule has 1 amide bonds. The van der Waals surface area contributed by atoms with Gasteiger partial charge in [0.1, 0.15) is 5.69 Å². The van der Waals surface area contributed by atoms with Crippen LogP contribution in [-0.2, 0) is 0 Å². The summed E-state index contributed by atoms with van der Waals surface area (Å²) in [5, 5.41) is 14.0. The van der Waals surface area contributed by atoms with Crippen LogP contribution >= 0.6 is 11.3 Å². The Kier molecular flexibility index (Phi) is 4.71. The number of carbonyl (C=O) groups is 1. The molecule has 0 radical (unpaired) electrons. The summed E-state index contributed by atoms with van der Waals surface area (Å²) in [6.45, 7) is 4.25. The Bertz CT molecular complexity index is 300. The van der Waals surface area contributed by atoms with Crippen LogP contribution in [0.4, 0.5) is 0 Å². The van der Waals surface area contributed by atoms with E-state index in [1.54, 1.807) is 10.9 Å². The summed E-state index contributed by atoms with van der Waals surface area (Å²) in [6, 6.07) is 0. The van der Waals surface area contributed by atoms with Crippen LogP contribution in [0.5, 0.6) is 0 Å². The Balaban J connectivity index is 2.34. The van der Waals surface area contributed by atoms with E-state index in [1.165, 1.54) is 11.3 Å². The quantitative estimate of drug-likeness (QED) is 0.798. The number of aliphatic hydroxyl groups excluding tert-OH is 1. The number of rotatable bonds is 5. The first kappa shape index (κ1) is 12.1. The fraction of sp³-hybridized carbons (Fsp3) is 0.600. The maximum atomic E-state index is 11.4. The van der Waals surface area contributed by atoms with Gasteiger partial charge in [0.25, 0.3) is 5.91 Å². The number of hydrogen-bond acceptors (Lipinski definition) is 4. The smallest absolute Gasteiger partial charge is 0.270 e. The molecule has 1 heterocycles. The van der Waals surface area contributed by atoms with Gasteiger partial charge in [-0.1, -0.05) is 20.3 Å². The molecule has 0 aliphatic heterocycles. The summed E-state index contributed by atoms with van der Waals surface area (Å²) in [6.07, 6.45) is 0.408. The largest absolute Gasteiger partial charge is 0.391 e. The molecule has 5 heteroatoms. The molecule has 2 N–H and O–H groups in total. The molecule has 0 saturated carbocycles. The van der Waals surface area contributed by atoms with Crippen molar-refractivity contribution in [3.8, 4) is 0 Å². The van der Waals surface area contributed by atoms with Gasteiger partial charge in [-0.25, -0.2) is 4.98 Å². The van der Waals surface area contributed by atoms with Crippen molar-refractivity contribution in [2.24, 2.45) is 5.92 Å². The van der Waals surface area contributed by atoms with Crippen LogP contribution in [0, 0.1) is 5.92 Å². The van der Waals surface area contributed by atoms with E-state index in [0.29, 0.717) is 5.69 Å². The van der Waals surface area contributed by atoms with Gasteiger partial charge >= 0.3 is 0 Å². The molecular weight excluding hydrogens is 212 g/mol. The minimum atomic E-state index is -0.488. The van der Waals surface area contributed by atoms with Gasteiger partial charge in [-0.2, -0.15) is 0 Å². The lowest BCUT2D eigenvalue weighted by molar-refractivity contribution is 0.0846. The van der Waals surface area contributed by atoms with Crippen LogP contribution in [0.1, 0.15) is 30.8 Å². The minimum Gasteiger partial charge on any atom is -0.391 e. The van der Waals surface area contributed by atoms with E-state index < -0.39 is 6.10 Å². The molecule has 4 nitrogen and oxygen atoms in total. The van der Waals surface area contributed by atoms with E-state index in [4.69, 9.17) is 0 Å². The molecule has 84 valence electrons. The van der Waals surface area contributed by atoms with Crippen molar-refractivity contribution in [1.82, 2.24) is 10.3 Å². The van der Waals surface area contributed by atoms with E-state index in [9.17, 15) is 9.90 Å². The normalized spacial score (nSPS) is 14.6. The third-order valence-electron chi connectivity index (χ3n) is 2.44. The maximum absolute atomic E-state index is 11.4. The Morgan fingerprint density at radius 1 is 1.73 bits per heavy atom. The molecule has 1 rings (SSSR count). The highest BCUT2D eigenvalue weighted by Crippen LogP contribution is 2.06. The third kappa shape index (κ3) is 3.60. The van der Waals surface area contributed by atoms with E-state index in [0.717, 1.165) is 6.42 Å². The van der Waals surface area contributed by atoms with Crippen LogP contribution in [0.3, 0.4) is 0 Å². The molecular formula is C10H16N2O2S. The standard InChI is InChI=1S/C10H16N2O2S/c1-3-7(2)9(13)4-11-10(14)8-5-15-6-12-8/h5-7,9,13H,3-4H2,1-2H3,(H,11,14). The summed E-state index contributed by atoms with van der Waals surface area (Å²) in [5.41, 5.74) is 2.02. The van der Waals surface area contributed by atoms with E-state index in [1.807, 2.05) is 13.8 Å². The second-order valence-electron chi connectivity index (χ2n) is 3.54. The molecule has 0 fully saturated rings. The first-order valence-corrected chi connectivity index (χ1v) is 5.93. The number of carbonyl (C=O) groups excluding carboxylic acids is 1. The molecule has 1 aromatic rings. The topological polar surface area (TPSA) is 62.2 Å². The number of nitrogens with one attached hydrogen (secondary N) is 1. The van der Waals surface area contributed by atoms with Crippen LogP contribution < -0.4 is 5.32 Å². The SMILES string of the molecule is CCC(C)C(O)CNC(=O)c1cscn1. The molecule has 0 saturated heterocycles. The fourth-order valence-corrected chi connectivity index (χ4v) is 1.62. The molecule has 2 unspecified atom stereocenters. The van der Waals surface area contributed by atoms with E-state index in [2.05, 4.69) is 10.3 Å². The zero-order valence-electron chi connectivity index (χ0n) is 8.93. The summed E-state index contributed by atoms with van der Waals surface area (Å²) in [4.78, 5) is 15.3. The molecule has 0 aromatic carbocycles. The van der Waals surface area contributed by atoms with Gasteiger partial charge in [0.15, 0.2) is 0 Å². The number of aliphatic hydroxyl groups is 1. The Hall–Kier alpha value is -0.940. The van der Waals surface area contributed by atoms with Crippen LogP contribution in [0.2, 0.25) is 0 Å². The van der Waals surface area contributed by atoms with Crippen molar-refractivity contribution in [1.29, 1.82) is 0 Å². The Morgan fingerprint density at radius 3 is 3.00 bits per heavy atom. The maximum Gasteiger partial charge on any atom is 0.270 e. The zero-order valence-corrected chi connectivity index (χ0v) is 9.75. The number of amides is 1. The van der Waals surface area contributed by atoms with Gasteiger partial charge < -0.3 is 10.4 Å². The van der Waals surface area contributed by atoms with Crippen molar-refractivity contribution in [2.45, 2.75) is 26.4 Å². The predicted octanol–water partition coefficient (Wildman–Crippen LogP) is 1.28. The average Bonchev–Trinajstić information content (AvgIpc) is 2.77. The van der Waals surface area contributed by atoms with Crippen LogP contribution in [0.25, 0.3) is 0 Å². The highest BCUT2D eigenvalue weighted by molar-refractivity contribution is 7.07. The van der Waals surface area contributed by atoms with Gasteiger partial charge in [-0.15, -0.1) is 11.3 Å². The number of thiazole rings is 1. The molecule has 15 heavy (non-hydrogen) atoms. The molecule has 2 atom stereocenters. The summed E-state index contributed by atoms with van der Waals surface area (Å²) in [5.74, 6) is -0.0284. The van der Waals surface area contributed by atoms with Gasteiger partial charge in [-0.3, -0.25) is 4.79 Å². The molecule has 0 aliphatic carbocycles.